The molecule has 0 amide bonds. The average molecular weight is 321 g/mol. The third kappa shape index (κ3) is 5.10. The summed E-state index contributed by atoms with van der Waals surface area (Å²) in [6.45, 7) is 4.11. The van der Waals surface area contributed by atoms with Gasteiger partial charge in [0.25, 0.3) is 0 Å². The molecule has 0 saturated heterocycles. The number of benzene rings is 1. The average Bonchev–Trinajstić information content (AvgIpc) is 2.87. The lowest BCUT2D eigenvalue weighted by Gasteiger charge is -1.99. The number of hydrogen-bond donors (Lipinski definition) is 0. The molecule has 112 valence electrons. The highest BCUT2D eigenvalue weighted by Crippen LogP contribution is 2.20. The van der Waals surface area contributed by atoms with Gasteiger partial charge in [-0.25, -0.2) is 13.4 Å². The second-order valence-electron chi connectivity index (χ2n) is 5.20. The Morgan fingerprint density at radius 3 is 2.57 bits per heavy atom. The fourth-order valence-corrected chi connectivity index (χ4v) is 3.88. The summed E-state index contributed by atoms with van der Waals surface area (Å²) in [5.41, 5.74) is 1.65. The van der Waals surface area contributed by atoms with Crippen LogP contribution >= 0.6 is 11.3 Å². The number of nitrogens with zero attached hydrogens (tertiary/aromatic N) is 1. The normalized spacial score (nSPS) is 12.3. The van der Waals surface area contributed by atoms with Crippen LogP contribution in [0.2, 0.25) is 0 Å². The maximum absolute atomic E-state index is 12.1. The van der Waals surface area contributed by atoms with Crippen molar-refractivity contribution >= 4 is 27.3 Å². The number of thiazole rings is 1. The van der Waals surface area contributed by atoms with Crippen LogP contribution in [0.5, 0.6) is 0 Å². The first-order valence-corrected chi connectivity index (χ1v) is 9.53. The largest absolute Gasteiger partial charge is 0.245 e. The molecular formula is C16H19NO2S2. The molecule has 0 atom stereocenters. The predicted octanol–water partition coefficient (Wildman–Crippen LogP) is 3.89. The predicted molar refractivity (Wildman–Crippen MR) is 89.2 cm³/mol. The molecule has 1 aromatic heterocycles. The first-order chi connectivity index (χ1) is 9.96. The molecule has 0 fully saturated rings. The van der Waals surface area contributed by atoms with Crippen molar-refractivity contribution in [3.63, 3.8) is 0 Å². The van der Waals surface area contributed by atoms with Crippen LogP contribution in [0.25, 0.3) is 6.08 Å². The highest BCUT2D eigenvalue weighted by atomic mass is 32.2. The zero-order valence-electron chi connectivity index (χ0n) is 12.2. The lowest BCUT2D eigenvalue weighted by molar-refractivity contribution is 0.597. The van der Waals surface area contributed by atoms with Crippen LogP contribution < -0.4 is 0 Å². The van der Waals surface area contributed by atoms with Crippen molar-refractivity contribution in [3.8, 4) is 0 Å². The summed E-state index contributed by atoms with van der Waals surface area (Å²) < 4.78 is 24.2. The molecule has 1 aromatic carbocycles. The van der Waals surface area contributed by atoms with Crippen LogP contribution in [-0.2, 0) is 15.6 Å². The highest BCUT2D eigenvalue weighted by Gasteiger charge is 2.14. The molecule has 0 unspecified atom stereocenters. The number of aromatic nitrogens is 1. The molecule has 0 spiro atoms. The van der Waals surface area contributed by atoms with E-state index in [4.69, 9.17) is 0 Å². The van der Waals surface area contributed by atoms with E-state index in [-0.39, 0.29) is 11.5 Å². The lowest BCUT2D eigenvalue weighted by Crippen LogP contribution is -2.08. The van der Waals surface area contributed by atoms with Gasteiger partial charge >= 0.3 is 0 Å². The van der Waals surface area contributed by atoms with Gasteiger partial charge in [0.05, 0.1) is 22.2 Å². The zero-order valence-corrected chi connectivity index (χ0v) is 13.8. The van der Waals surface area contributed by atoms with Gasteiger partial charge < -0.3 is 0 Å². The van der Waals surface area contributed by atoms with Crippen LogP contribution in [0.1, 0.15) is 36.0 Å². The SMILES string of the molecule is CC(C)c1nc(CS(=O)(=O)CC=Cc2ccccc2)cs1. The quantitative estimate of drug-likeness (QED) is 0.811. The van der Waals surface area contributed by atoms with Crippen molar-refractivity contribution in [1.82, 2.24) is 4.98 Å². The molecule has 2 aromatic rings. The van der Waals surface area contributed by atoms with Crippen molar-refractivity contribution < 1.29 is 8.42 Å². The van der Waals surface area contributed by atoms with E-state index in [0.29, 0.717) is 11.6 Å². The standard InChI is InChI=1S/C16H19NO2S2/c1-13(2)16-17-15(11-20-16)12-21(18,19)10-6-9-14-7-4-3-5-8-14/h3-9,11,13H,10,12H2,1-2H3. The molecule has 5 heteroatoms. The van der Waals surface area contributed by atoms with Crippen LogP contribution in [0.3, 0.4) is 0 Å². The zero-order chi connectivity index (χ0) is 15.3. The van der Waals surface area contributed by atoms with Gasteiger partial charge in [0.15, 0.2) is 9.84 Å². The monoisotopic (exact) mass is 321 g/mol. The van der Waals surface area contributed by atoms with E-state index in [0.717, 1.165) is 10.6 Å². The minimum Gasteiger partial charge on any atom is -0.245 e. The van der Waals surface area contributed by atoms with Crippen molar-refractivity contribution in [2.45, 2.75) is 25.5 Å². The van der Waals surface area contributed by atoms with E-state index in [1.165, 1.54) is 11.3 Å². The van der Waals surface area contributed by atoms with E-state index >= 15 is 0 Å². The molecular weight excluding hydrogens is 302 g/mol. The Morgan fingerprint density at radius 2 is 1.95 bits per heavy atom. The minimum absolute atomic E-state index is 0.00928. The van der Waals surface area contributed by atoms with E-state index in [9.17, 15) is 8.42 Å². The second-order valence-corrected chi connectivity index (χ2v) is 8.20. The molecule has 3 nitrogen and oxygen atoms in total. The van der Waals surface area contributed by atoms with Crippen LogP contribution in [-0.4, -0.2) is 19.2 Å². The van der Waals surface area contributed by atoms with E-state index in [2.05, 4.69) is 18.8 Å². The molecule has 0 aliphatic carbocycles. The Balaban J connectivity index is 1.97. The fraction of sp³-hybridized carbons (Fsp3) is 0.312. The maximum atomic E-state index is 12.1. The summed E-state index contributed by atoms with van der Waals surface area (Å²) in [5, 5.41) is 2.83. The van der Waals surface area contributed by atoms with Gasteiger partial charge in [-0.3, -0.25) is 0 Å². The lowest BCUT2D eigenvalue weighted by atomic mass is 10.2. The number of rotatable bonds is 6. The molecule has 21 heavy (non-hydrogen) atoms. The number of sulfone groups is 1. The Morgan fingerprint density at radius 1 is 1.24 bits per heavy atom. The van der Waals surface area contributed by atoms with Gasteiger partial charge in [-0.2, -0.15) is 0 Å². The van der Waals surface area contributed by atoms with Gasteiger partial charge in [-0.1, -0.05) is 56.3 Å². The fourth-order valence-electron chi connectivity index (χ4n) is 1.83. The molecule has 0 aliphatic rings. The summed E-state index contributed by atoms with van der Waals surface area (Å²) in [6, 6.07) is 9.67. The van der Waals surface area contributed by atoms with Crippen LogP contribution in [0, 0.1) is 0 Å². The third-order valence-corrected chi connectivity index (χ3v) is 5.52. The van der Waals surface area contributed by atoms with Crippen molar-refractivity contribution in [2.24, 2.45) is 0 Å². The maximum Gasteiger partial charge on any atom is 0.159 e. The van der Waals surface area contributed by atoms with Crippen molar-refractivity contribution in [3.05, 3.63) is 58.1 Å². The highest BCUT2D eigenvalue weighted by molar-refractivity contribution is 7.90. The first-order valence-electron chi connectivity index (χ1n) is 6.82. The van der Waals surface area contributed by atoms with E-state index in [1.807, 2.05) is 41.8 Å². The molecule has 0 aliphatic heterocycles. The third-order valence-electron chi connectivity index (χ3n) is 2.89. The smallest absolute Gasteiger partial charge is 0.159 e. The minimum atomic E-state index is -3.16. The Labute approximate surface area is 130 Å². The van der Waals surface area contributed by atoms with E-state index in [1.54, 1.807) is 6.08 Å². The van der Waals surface area contributed by atoms with Crippen molar-refractivity contribution in [1.29, 1.82) is 0 Å². The molecule has 1 heterocycles. The summed E-state index contributed by atoms with van der Waals surface area (Å²) in [7, 11) is -3.16. The summed E-state index contributed by atoms with van der Waals surface area (Å²) in [5.74, 6) is 0.385. The number of hydrogen-bond acceptors (Lipinski definition) is 4. The second kappa shape index (κ2) is 7.00. The van der Waals surface area contributed by atoms with Gasteiger partial charge in [-0.15, -0.1) is 11.3 Å². The molecule has 2 rings (SSSR count). The molecule has 0 N–H and O–H groups in total. The van der Waals surface area contributed by atoms with Gasteiger partial charge in [0, 0.05) is 11.3 Å². The Bertz CT molecular complexity index is 701. The molecule has 0 saturated carbocycles. The summed E-state index contributed by atoms with van der Waals surface area (Å²) in [4.78, 5) is 4.38. The Kier molecular flexibility index (Phi) is 5.31. The van der Waals surface area contributed by atoms with E-state index < -0.39 is 9.84 Å². The van der Waals surface area contributed by atoms with Gasteiger partial charge in [0.2, 0.25) is 0 Å². The summed E-state index contributed by atoms with van der Waals surface area (Å²) in [6.07, 6.45) is 3.53. The molecule has 0 bridgehead atoms. The van der Waals surface area contributed by atoms with Crippen molar-refractivity contribution in [2.75, 3.05) is 5.75 Å². The van der Waals surface area contributed by atoms with Gasteiger partial charge in [0.1, 0.15) is 0 Å². The van der Waals surface area contributed by atoms with Crippen LogP contribution in [0.4, 0.5) is 0 Å². The van der Waals surface area contributed by atoms with Crippen LogP contribution in [0.15, 0.2) is 41.8 Å². The Hall–Kier alpha value is -1.46. The summed E-state index contributed by atoms with van der Waals surface area (Å²) >= 11 is 1.53. The van der Waals surface area contributed by atoms with Gasteiger partial charge in [-0.05, 0) is 5.56 Å². The topological polar surface area (TPSA) is 47.0 Å². The first kappa shape index (κ1) is 15.9. The molecule has 0 radical (unpaired) electrons.